The summed E-state index contributed by atoms with van der Waals surface area (Å²) in [6.45, 7) is 8.91. The molecule has 12 heteroatoms. The molecule has 4 aromatic rings. The van der Waals surface area contributed by atoms with Gasteiger partial charge in [0.15, 0.2) is 11.2 Å². The molecule has 2 bridgehead atoms. The van der Waals surface area contributed by atoms with Gasteiger partial charge in [-0.2, -0.15) is 9.97 Å². The number of hydrogen-bond acceptors (Lipinski definition) is 9. The normalized spacial score (nSPS) is 25.7. The summed E-state index contributed by atoms with van der Waals surface area (Å²) in [4.78, 5) is 33.5. The van der Waals surface area contributed by atoms with Crippen LogP contribution in [0.15, 0.2) is 30.6 Å². The van der Waals surface area contributed by atoms with E-state index in [1.165, 1.54) is 6.07 Å². The number of piperazine rings is 1. The molecule has 4 saturated heterocycles. The first kappa shape index (κ1) is 30.6. The Balaban J connectivity index is 1.01. The fourth-order valence-corrected chi connectivity index (χ4v) is 8.88. The van der Waals surface area contributed by atoms with E-state index in [2.05, 4.69) is 21.0 Å². The minimum absolute atomic E-state index is 0.0727. The van der Waals surface area contributed by atoms with Crippen molar-refractivity contribution in [3.05, 3.63) is 47.5 Å². The number of phenolic OH excluding ortho intramolecular Hbond substituents is 1. The molecular weight excluding hydrogens is 623 g/mol. The number of terminal acetylenes is 1. The van der Waals surface area contributed by atoms with Crippen LogP contribution in [0.5, 0.6) is 11.6 Å². The highest BCUT2D eigenvalue weighted by atomic mass is 19.1. The third-order valence-corrected chi connectivity index (χ3v) is 11.6. The molecule has 0 unspecified atom stereocenters. The van der Waals surface area contributed by atoms with Crippen LogP contribution in [0, 0.1) is 35.4 Å². The van der Waals surface area contributed by atoms with Gasteiger partial charge in [-0.05, 0) is 66.7 Å². The second-order valence-corrected chi connectivity index (χ2v) is 15.1. The molecule has 0 spiro atoms. The number of aromatic nitrogens is 4. The molecule has 6 heterocycles. The highest BCUT2D eigenvalue weighted by molar-refractivity contribution is 5.92. The van der Waals surface area contributed by atoms with E-state index in [-0.39, 0.29) is 29.2 Å². The molecule has 49 heavy (non-hydrogen) atoms. The highest BCUT2D eigenvalue weighted by Gasteiger charge is 2.49. The van der Waals surface area contributed by atoms with Crippen molar-refractivity contribution in [2.45, 2.75) is 51.2 Å². The number of phenols is 1. The number of nitrogens with one attached hydrogen (secondary N) is 1. The molecule has 254 valence electrons. The summed E-state index contributed by atoms with van der Waals surface area (Å²) < 4.78 is 23.4. The van der Waals surface area contributed by atoms with Gasteiger partial charge < -0.3 is 34.4 Å². The number of likely N-dealkylation sites (tertiary alicyclic amines) is 2. The summed E-state index contributed by atoms with van der Waals surface area (Å²) in [5, 5.41) is 15.5. The van der Waals surface area contributed by atoms with Gasteiger partial charge in [0, 0.05) is 75.6 Å². The number of benzene rings is 2. The topological polar surface area (TPSA) is 112 Å². The molecule has 2 N–H and O–H groups in total. The Morgan fingerprint density at radius 2 is 1.86 bits per heavy atom. The Kier molecular flexibility index (Phi) is 7.21. The lowest BCUT2D eigenvalue weighted by atomic mass is 9.98. The smallest absolute Gasteiger partial charge is 0.247 e. The standard InChI is InChI=1S/C37H41FN8O3/c1-3-30-31(38)7-4-23-10-29(48)11-24(32(23)30)14-46-21-39-33-34(46)41-36(45-17-27-5-6-28(18-45)40-27)42-35(33)49-20-37(8-9-37)19-43-12-25-15-44(22(2)47)16-26(25)13-43/h1,4,7,10-11,21,25-28,40,48H,5-6,8-9,12-20H2,2H3/t25-,26+,27-,28+. The Labute approximate surface area is 284 Å². The van der Waals surface area contributed by atoms with Crippen LogP contribution in [0.25, 0.3) is 21.9 Å². The molecule has 4 atom stereocenters. The highest BCUT2D eigenvalue weighted by Crippen LogP contribution is 2.48. The van der Waals surface area contributed by atoms with Crippen LogP contribution < -0.4 is 15.0 Å². The Hall–Kier alpha value is -4.47. The minimum atomic E-state index is -0.477. The van der Waals surface area contributed by atoms with Gasteiger partial charge in [-0.15, -0.1) is 6.42 Å². The maximum absolute atomic E-state index is 14.8. The summed E-state index contributed by atoms with van der Waals surface area (Å²) in [6, 6.07) is 7.00. The van der Waals surface area contributed by atoms with Gasteiger partial charge in [-0.3, -0.25) is 4.79 Å². The van der Waals surface area contributed by atoms with Crippen molar-refractivity contribution < 1.29 is 19.0 Å². The van der Waals surface area contributed by atoms with Crippen LogP contribution in [0.1, 0.15) is 43.7 Å². The second-order valence-electron chi connectivity index (χ2n) is 15.1. The quantitative estimate of drug-likeness (QED) is 0.274. The third kappa shape index (κ3) is 5.53. The Morgan fingerprint density at radius 3 is 2.55 bits per heavy atom. The van der Waals surface area contributed by atoms with E-state index in [1.54, 1.807) is 31.5 Å². The molecular formula is C37H41FN8O3. The van der Waals surface area contributed by atoms with Crippen LogP contribution in [-0.2, 0) is 11.3 Å². The number of anilines is 1. The largest absolute Gasteiger partial charge is 0.508 e. The number of carbonyl (C=O) groups is 1. The molecule has 2 aromatic carbocycles. The van der Waals surface area contributed by atoms with E-state index >= 15 is 0 Å². The maximum Gasteiger partial charge on any atom is 0.247 e. The summed E-state index contributed by atoms with van der Waals surface area (Å²) in [6.07, 6.45) is 12.0. The van der Waals surface area contributed by atoms with Gasteiger partial charge in [-0.25, -0.2) is 9.37 Å². The van der Waals surface area contributed by atoms with Crippen LogP contribution in [0.2, 0.25) is 0 Å². The van der Waals surface area contributed by atoms with Crippen molar-refractivity contribution in [3.8, 4) is 24.0 Å². The van der Waals surface area contributed by atoms with Gasteiger partial charge in [0.05, 0.1) is 25.0 Å². The van der Waals surface area contributed by atoms with Gasteiger partial charge in [0.25, 0.3) is 0 Å². The monoisotopic (exact) mass is 664 g/mol. The van der Waals surface area contributed by atoms with E-state index in [9.17, 15) is 14.3 Å². The second kappa shape index (κ2) is 11.6. The molecule has 1 saturated carbocycles. The number of rotatable bonds is 8. The van der Waals surface area contributed by atoms with E-state index in [0.717, 1.165) is 71.5 Å². The Morgan fingerprint density at radius 1 is 1.10 bits per heavy atom. The molecule has 5 fully saturated rings. The van der Waals surface area contributed by atoms with Crippen LogP contribution >= 0.6 is 0 Å². The van der Waals surface area contributed by atoms with E-state index < -0.39 is 5.82 Å². The average Bonchev–Trinajstić information content (AvgIpc) is 3.36. The molecule has 1 amide bonds. The predicted octanol–water partition coefficient (Wildman–Crippen LogP) is 3.36. The SMILES string of the molecule is C#Cc1c(F)ccc2cc(O)cc(Cn3cnc4c(OCC5(CN6C[C@@H]7CN(C(C)=O)C[C@@H]7C6)CC5)nc(N5C[C@H]6CC[C@@H](C5)N6)nc43)c12. The zero-order valence-electron chi connectivity index (χ0n) is 27.7. The molecule has 11 nitrogen and oxygen atoms in total. The summed E-state index contributed by atoms with van der Waals surface area (Å²) in [5.74, 6) is 4.49. The zero-order valence-corrected chi connectivity index (χ0v) is 27.7. The third-order valence-electron chi connectivity index (χ3n) is 11.6. The fourth-order valence-electron chi connectivity index (χ4n) is 8.88. The lowest BCUT2D eigenvalue weighted by Gasteiger charge is -2.33. The van der Waals surface area contributed by atoms with Crippen molar-refractivity contribution in [2.24, 2.45) is 17.3 Å². The molecule has 1 aliphatic carbocycles. The van der Waals surface area contributed by atoms with Crippen LogP contribution in [0.4, 0.5) is 10.3 Å². The molecule has 2 aromatic heterocycles. The number of amides is 1. The van der Waals surface area contributed by atoms with Gasteiger partial charge in [-0.1, -0.05) is 12.0 Å². The van der Waals surface area contributed by atoms with Crippen molar-refractivity contribution >= 4 is 33.8 Å². The number of aromatic hydroxyl groups is 1. The summed E-state index contributed by atoms with van der Waals surface area (Å²) in [5.41, 5.74) is 2.10. The van der Waals surface area contributed by atoms with Crippen molar-refractivity contribution in [1.82, 2.24) is 34.6 Å². The number of imidazole rings is 1. The number of halogens is 1. The van der Waals surface area contributed by atoms with Gasteiger partial charge >= 0.3 is 0 Å². The summed E-state index contributed by atoms with van der Waals surface area (Å²) >= 11 is 0. The number of nitrogens with zero attached hydrogens (tertiary/aromatic N) is 7. The van der Waals surface area contributed by atoms with Gasteiger partial charge in [0.1, 0.15) is 11.6 Å². The van der Waals surface area contributed by atoms with Crippen molar-refractivity contribution in [2.75, 3.05) is 57.3 Å². The minimum Gasteiger partial charge on any atom is -0.508 e. The zero-order chi connectivity index (χ0) is 33.4. The maximum atomic E-state index is 14.8. The number of hydrogen-bond donors (Lipinski definition) is 2. The van der Waals surface area contributed by atoms with Gasteiger partial charge in [0.2, 0.25) is 17.7 Å². The molecule has 9 rings (SSSR count). The number of carbonyl (C=O) groups excluding carboxylic acids is 1. The number of ether oxygens (including phenoxy) is 1. The lowest BCUT2D eigenvalue weighted by Crippen LogP contribution is -2.51. The first-order chi connectivity index (χ1) is 23.7. The van der Waals surface area contributed by atoms with Crippen molar-refractivity contribution in [1.29, 1.82) is 0 Å². The molecule has 5 aliphatic rings. The first-order valence-corrected chi connectivity index (χ1v) is 17.5. The Bertz CT molecular complexity index is 1990. The van der Waals surface area contributed by atoms with E-state index in [0.29, 0.717) is 69.9 Å². The predicted molar refractivity (Wildman–Crippen MR) is 183 cm³/mol. The average molecular weight is 665 g/mol. The summed E-state index contributed by atoms with van der Waals surface area (Å²) in [7, 11) is 0. The number of fused-ring (bicyclic) bond motifs is 5. The van der Waals surface area contributed by atoms with Crippen LogP contribution in [-0.4, -0.2) is 105 Å². The van der Waals surface area contributed by atoms with E-state index in [4.69, 9.17) is 26.1 Å². The fraction of sp³-hybridized carbons (Fsp3) is 0.514. The van der Waals surface area contributed by atoms with E-state index in [1.807, 2.05) is 9.47 Å². The molecule has 4 aliphatic heterocycles. The van der Waals surface area contributed by atoms with Crippen molar-refractivity contribution in [3.63, 3.8) is 0 Å². The first-order valence-electron chi connectivity index (χ1n) is 17.5. The molecule has 0 radical (unpaired) electrons. The van der Waals surface area contributed by atoms with Crippen LogP contribution in [0.3, 0.4) is 0 Å². The lowest BCUT2D eigenvalue weighted by molar-refractivity contribution is -0.128.